The fraction of sp³-hybridized carbons (Fsp3) is 0.440. The number of H-pyrrole nitrogens is 1. The predicted octanol–water partition coefficient (Wildman–Crippen LogP) is 4.52. The summed E-state index contributed by atoms with van der Waals surface area (Å²) >= 11 is 0. The lowest BCUT2D eigenvalue weighted by Crippen LogP contribution is -2.54. The summed E-state index contributed by atoms with van der Waals surface area (Å²) in [6.07, 6.45) is 2.00. The second kappa shape index (κ2) is 20.4. The summed E-state index contributed by atoms with van der Waals surface area (Å²) in [5, 5.41) is 5.25. The van der Waals surface area contributed by atoms with Crippen LogP contribution >= 0.6 is 0 Å². The summed E-state index contributed by atoms with van der Waals surface area (Å²) < 4.78 is 17.4. The van der Waals surface area contributed by atoms with E-state index in [-0.39, 0.29) is 48.6 Å². The molecule has 0 spiro atoms. The number of nitrogens with one attached hydrogen (secondary N) is 3. The Bertz CT molecular complexity index is 2540. The predicted molar refractivity (Wildman–Crippen MR) is 249 cm³/mol. The van der Waals surface area contributed by atoms with E-state index >= 15 is 0 Å². The number of aromatic amines is 1. The van der Waals surface area contributed by atoms with Crippen LogP contribution in [0.4, 0.5) is 11.4 Å². The van der Waals surface area contributed by atoms with Gasteiger partial charge >= 0.3 is 0 Å². The molecule has 4 aromatic rings. The fourth-order valence-electron chi connectivity index (χ4n) is 9.54. The van der Waals surface area contributed by atoms with Gasteiger partial charge in [0.25, 0.3) is 23.3 Å². The van der Waals surface area contributed by atoms with Crippen LogP contribution in [0.3, 0.4) is 0 Å². The summed E-state index contributed by atoms with van der Waals surface area (Å²) in [5.74, 6) is -2.00. The van der Waals surface area contributed by atoms with Crippen molar-refractivity contribution in [1.29, 1.82) is 0 Å². The van der Waals surface area contributed by atoms with Crippen molar-refractivity contribution < 1.29 is 38.2 Å². The monoisotopic (exact) mass is 901 g/mol. The highest BCUT2D eigenvalue weighted by atomic mass is 16.5. The molecule has 16 heteroatoms. The number of benzene rings is 3. The van der Waals surface area contributed by atoms with Gasteiger partial charge in [-0.3, -0.25) is 43.9 Å². The van der Waals surface area contributed by atoms with Crippen molar-refractivity contribution in [3.63, 3.8) is 0 Å². The largest absolute Gasteiger partial charge is 0.491 e. The molecule has 3 saturated heterocycles. The number of ether oxygens (including phenoxy) is 3. The number of piperidine rings is 1. The minimum absolute atomic E-state index is 0.0610. The smallest absolute Gasteiger partial charge is 0.262 e. The minimum Gasteiger partial charge on any atom is -0.491 e. The van der Waals surface area contributed by atoms with Crippen LogP contribution in [0, 0.1) is 20.8 Å². The van der Waals surface area contributed by atoms with Crippen LogP contribution < -0.4 is 30.7 Å². The fourth-order valence-corrected chi connectivity index (χ4v) is 9.54. The third-order valence-corrected chi connectivity index (χ3v) is 13.2. The quantitative estimate of drug-likeness (QED) is 0.106. The van der Waals surface area contributed by atoms with E-state index in [2.05, 4.69) is 67.6 Å². The van der Waals surface area contributed by atoms with Crippen LogP contribution in [0.5, 0.6) is 5.75 Å². The zero-order valence-electron chi connectivity index (χ0n) is 38.2. The number of nitrogens with zero attached hydrogens (tertiary/aromatic N) is 4. The number of rotatable bonds is 16. The molecule has 1 atom stereocenters. The van der Waals surface area contributed by atoms with Crippen LogP contribution in [0.15, 0.2) is 65.5 Å². The first-order valence-electron chi connectivity index (χ1n) is 23.0. The van der Waals surface area contributed by atoms with Crippen LogP contribution in [-0.2, 0) is 25.6 Å². The van der Waals surface area contributed by atoms with E-state index in [0.717, 1.165) is 96.3 Å². The molecule has 5 amide bonds. The number of anilines is 2. The molecule has 1 unspecified atom stereocenters. The van der Waals surface area contributed by atoms with Gasteiger partial charge in [-0.1, -0.05) is 12.1 Å². The van der Waals surface area contributed by atoms with Gasteiger partial charge in [0.15, 0.2) is 0 Å². The standard InChI is InChI=1S/C50H59N7O9/c1-5-56(37-14-21-64-22-15-37)44-28-35(27-40(33(44)4)46(59)51-30-42-31(2)26-32(3)52-47(42)60)34-6-8-36(9-7-34)55-18-16-54(17-19-55)20-23-65-24-25-66-38-10-11-39-41(29-38)50(63)57(49(39)62)43-12-13-45(58)53-48(43)61/h6-11,26-29,37,43H,5,12-25,30H2,1-4H3,(H,51,59)(H,52,60)(H,53,58,61). The number of aryl methyl sites for hydroxylation is 2. The van der Waals surface area contributed by atoms with Crippen LogP contribution in [0.1, 0.15) is 86.1 Å². The number of amides is 5. The molecule has 0 aliphatic carbocycles. The lowest BCUT2D eigenvalue weighted by Gasteiger charge is -2.37. The number of aromatic nitrogens is 1. The maximum Gasteiger partial charge on any atom is 0.262 e. The highest BCUT2D eigenvalue weighted by molar-refractivity contribution is 6.23. The first-order chi connectivity index (χ1) is 31.9. The lowest BCUT2D eigenvalue weighted by molar-refractivity contribution is -0.136. The van der Waals surface area contributed by atoms with Crippen LogP contribution in [-0.4, -0.2) is 129 Å². The van der Waals surface area contributed by atoms with Crippen molar-refractivity contribution in [2.45, 2.75) is 72.0 Å². The second-order valence-corrected chi connectivity index (χ2v) is 17.4. The third-order valence-electron chi connectivity index (χ3n) is 13.2. The topological polar surface area (TPSA) is 183 Å². The molecule has 1 aromatic heterocycles. The van der Waals surface area contributed by atoms with E-state index in [4.69, 9.17) is 14.2 Å². The van der Waals surface area contributed by atoms with Gasteiger partial charge in [0.1, 0.15) is 18.4 Å². The van der Waals surface area contributed by atoms with Gasteiger partial charge in [0.05, 0.1) is 24.3 Å². The normalized spacial score (nSPS) is 18.1. The SMILES string of the molecule is CCN(c1cc(-c2ccc(N3CCN(CCOCCOc4ccc5c(c4)C(=O)N(C4CCC(=O)NC4=O)C5=O)CC3)cc2)cc(C(=O)NCc2c(C)cc(C)[nH]c2=O)c1C)C1CCOCC1. The van der Waals surface area contributed by atoms with E-state index in [0.29, 0.717) is 49.3 Å². The number of carbonyl (C=O) groups excluding carboxylic acids is 5. The Morgan fingerprint density at radius 3 is 2.29 bits per heavy atom. The zero-order valence-corrected chi connectivity index (χ0v) is 38.2. The molecular weight excluding hydrogens is 843 g/mol. The number of pyridine rings is 1. The summed E-state index contributed by atoms with van der Waals surface area (Å²) in [4.78, 5) is 87.8. The number of hydrogen-bond acceptors (Lipinski definition) is 12. The second-order valence-electron chi connectivity index (χ2n) is 17.4. The van der Waals surface area contributed by atoms with Gasteiger partial charge in [-0.05, 0) is 118 Å². The van der Waals surface area contributed by atoms with Crippen molar-refractivity contribution in [3.8, 4) is 16.9 Å². The third kappa shape index (κ3) is 10.1. The Morgan fingerprint density at radius 1 is 0.833 bits per heavy atom. The molecule has 0 saturated carbocycles. The summed E-state index contributed by atoms with van der Waals surface area (Å²) in [7, 11) is 0. The molecule has 3 fully saturated rings. The van der Waals surface area contributed by atoms with Gasteiger partial charge in [-0.2, -0.15) is 0 Å². The highest BCUT2D eigenvalue weighted by Gasteiger charge is 2.44. The van der Waals surface area contributed by atoms with Gasteiger partial charge in [-0.15, -0.1) is 0 Å². The van der Waals surface area contributed by atoms with Crippen molar-refractivity contribution in [2.75, 3.05) is 82.1 Å². The number of fused-ring (bicyclic) bond motifs is 1. The molecule has 348 valence electrons. The summed E-state index contributed by atoms with van der Waals surface area (Å²) in [6, 6.07) is 18.6. The van der Waals surface area contributed by atoms with E-state index in [1.165, 1.54) is 12.1 Å². The van der Waals surface area contributed by atoms with Gasteiger partial charge < -0.3 is 34.3 Å². The first kappa shape index (κ1) is 46.2. The van der Waals surface area contributed by atoms with Crippen molar-refractivity contribution in [2.24, 2.45) is 0 Å². The van der Waals surface area contributed by atoms with Crippen molar-refractivity contribution in [1.82, 2.24) is 25.4 Å². The minimum atomic E-state index is -1.02. The number of hydrogen-bond donors (Lipinski definition) is 3. The van der Waals surface area contributed by atoms with Gasteiger partial charge in [0.2, 0.25) is 11.8 Å². The Morgan fingerprint density at radius 2 is 1.58 bits per heavy atom. The number of piperazine rings is 1. The first-order valence-corrected chi connectivity index (χ1v) is 23.0. The molecule has 4 aliphatic rings. The van der Waals surface area contributed by atoms with Gasteiger partial charge in [0, 0.05) is 99.7 Å². The van der Waals surface area contributed by atoms with Gasteiger partial charge in [-0.25, -0.2) is 0 Å². The maximum absolute atomic E-state index is 14.0. The summed E-state index contributed by atoms with van der Waals surface area (Å²) in [5.41, 5.74) is 7.98. The average Bonchev–Trinajstić information content (AvgIpc) is 3.55. The Labute approximate surface area is 384 Å². The van der Waals surface area contributed by atoms with Crippen LogP contribution in [0.2, 0.25) is 0 Å². The molecular formula is C50H59N7O9. The van der Waals surface area contributed by atoms with E-state index in [1.54, 1.807) is 6.07 Å². The van der Waals surface area contributed by atoms with E-state index < -0.39 is 29.7 Å². The molecule has 16 nitrogen and oxygen atoms in total. The maximum atomic E-state index is 14.0. The molecule has 8 rings (SSSR count). The number of imide groups is 2. The molecule has 0 bridgehead atoms. The van der Waals surface area contributed by atoms with Crippen molar-refractivity contribution >= 4 is 40.9 Å². The average molecular weight is 902 g/mol. The Balaban J connectivity index is 0.834. The van der Waals surface area contributed by atoms with E-state index in [1.807, 2.05) is 32.9 Å². The highest BCUT2D eigenvalue weighted by Crippen LogP contribution is 2.35. The molecule has 4 aliphatic heterocycles. The van der Waals surface area contributed by atoms with E-state index in [9.17, 15) is 28.8 Å². The lowest BCUT2D eigenvalue weighted by atomic mass is 9.95. The number of carbonyl (C=O) groups is 5. The summed E-state index contributed by atoms with van der Waals surface area (Å²) in [6.45, 7) is 15.6. The molecule has 3 N–H and O–H groups in total. The van der Waals surface area contributed by atoms with Crippen LogP contribution in [0.25, 0.3) is 11.1 Å². The Kier molecular flexibility index (Phi) is 14.3. The molecule has 3 aromatic carbocycles. The zero-order chi connectivity index (χ0) is 46.5. The molecule has 0 radical (unpaired) electrons. The van der Waals surface area contributed by atoms with Crippen molar-refractivity contribution in [3.05, 3.63) is 110 Å². The molecule has 66 heavy (non-hydrogen) atoms. The Hall–Kier alpha value is -6.36. The molecule has 5 heterocycles.